The first kappa shape index (κ1) is 18.4. The van der Waals surface area contributed by atoms with Gasteiger partial charge in [0.1, 0.15) is 6.61 Å². The fourth-order valence-electron chi connectivity index (χ4n) is 3.23. The van der Waals surface area contributed by atoms with Crippen LogP contribution < -0.4 is 5.32 Å². The van der Waals surface area contributed by atoms with Crippen molar-refractivity contribution in [1.29, 1.82) is 0 Å². The number of aryl methyl sites for hydroxylation is 2. The van der Waals surface area contributed by atoms with Gasteiger partial charge in [-0.2, -0.15) is 0 Å². The molecule has 1 N–H and O–H groups in total. The first-order valence-electron chi connectivity index (χ1n) is 8.42. The molecule has 3 rings (SSSR count). The molecule has 0 saturated carbocycles. The Kier molecular flexibility index (Phi) is 5.59. The van der Waals surface area contributed by atoms with E-state index in [2.05, 4.69) is 16.9 Å². The second-order valence-corrected chi connectivity index (χ2v) is 6.86. The molecular formula is C20H22ClN3O2. The van der Waals surface area contributed by atoms with Gasteiger partial charge in [0, 0.05) is 19.2 Å². The van der Waals surface area contributed by atoms with Crippen LogP contribution in [0.15, 0.2) is 49.0 Å². The third-order valence-corrected chi connectivity index (χ3v) is 4.73. The summed E-state index contributed by atoms with van der Waals surface area (Å²) >= 11 is 6.27. The summed E-state index contributed by atoms with van der Waals surface area (Å²) in [6, 6.07) is 5.51. The van der Waals surface area contributed by atoms with Crippen LogP contribution in [0.2, 0.25) is 5.02 Å². The summed E-state index contributed by atoms with van der Waals surface area (Å²) in [4.78, 5) is 16.5. The molecule has 1 aromatic heterocycles. The fourth-order valence-corrected chi connectivity index (χ4v) is 3.40. The van der Waals surface area contributed by atoms with E-state index >= 15 is 0 Å². The van der Waals surface area contributed by atoms with Crippen molar-refractivity contribution in [1.82, 2.24) is 14.9 Å². The molecule has 1 unspecified atom stereocenters. The van der Waals surface area contributed by atoms with Crippen molar-refractivity contribution in [3.8, 4) is 0 Å². The summed E-state index contributed by atoms with van der Waals surface area (Å²) < 4.78 is 6.88. The van der Waals surface area contributed by atoms with E-state index in [4.69, 9.17) is 16.3 Å². The minimum atomic E-state index is -0.378. The molecule has 0 aliphatic heterocycles. The van der Waals surface area contributed by atoms with Gasteiger partial charge in [0.2, 0.25) is 5.91 Å². The number of carbonyl (C=O) groups excluding carboxylic acids is 1. The van der Waals surface area contributed by atoms with Crippen LogP contribution in [0, 0.1) is 0 Å². The number of hydrogen-bond donors (Lipinski definition) is 1. The lowest BCUT2D eigenvalue weighted by atomic mass is 9.92. The Bertz CT molecular complexity index is 870. The number of nitrogens with zero attached hydrogens (tertiary/aromatic N) is 2. The first-order chi connectivity index (χ1) is 12.5. The number of aromatic nitrogens is 2. The Morgan fingerprint density at radius 2 is 2.27 bits per heavy atom. The number of carbonyl (C=O) groups is 1. The number of benzene rings is 1. The molecule has 136 valence electrons. The molecule has 0 spiro atoms. The fraction of sp³-hybridized carbons (Fsp3) is 0.300. The zero-order valence-electron chi connectivity index (χ0n) is 15.0. The van der Waals surface area contributed by atoms with Crippen LogP contribution in [0.25, 0.3) is 5.57 Å². The predicted octanol–water partition coefficient (Wildman–Crippen LogP) is 3.46. The van der Waals surface area contributed by atoms with Crippen LogP contribution in [-0.4, -0.2) is 29.2 Å². The van der Waals surface area contributed by atoms with Crippen molar-refractivity contribution in [2.45, 2.75) is 18.9 Å². The summed E-state index contributed by atoms with van der Waals surface area (Å²) in [5, 5.41) is 3.72. The first-order valence-corrected chi connectivity index (χ1v) is 8.80. The number of methoxy groups -OCH3 is 1. The summed E-state index contributed by atoms with van der Waals surface area (Å²) in [5.41, 5.74) is 5.06. The van der Waals surface area contributed by atoms with Gasteiger partial charge in [-0.15, -0.1) is 0 Å². The van der Waals surface area contributed by atoms with E-state index in [1.54, 1.807) is 12.5 Å². The lowest BCUT2D eigenvalue weighted by Gasteiger charge is -2.24. The van der Waals surface area contributed by atoms with Gasteiger partial charge < -0.3 is 14.6 Å². The van der Waals surface area contributed by atoms with Crippen LogP contribution >= 0.6 is 11.6 Å². The zero-order valence-corrected chi connectivity index (χ0v) is 15.7. The number of hydrogen-bond acceptors (Lipinski definition) is 3. The normalized spacial score (nSPS) is 15.0. The minimum Gasteiger partial charge on any atom is -0.375 e. The topological polar surface area (TPSA) is 56.1 Å². The third-order valence-electron chi connectivity index (χ3n) is 4.50. The van der Waals surface area contributed by atoms with Crippen molar-refractivity contribution in [3.63, 3.8) is 0 Å². The highest BCUT2D eigenvalue weighted by molar-refractivity contribution is 6.30. The molecule has 26 heavy (non-hydrogen) atoms. The molecule has 1 aromatic carbocycles. The van der Waals surface area contributed by atoms with Gasteiger partial charge in [0.25, 0.3) is 0 Å². The number of rotatable bonds is 5. The van der Waals surface area contributed by atoms with E-state index in [0.29, 0.717) is 5.02 Å². The van der Waals surface area contributed by atoms with Crippen LogP contribution in [0.4, 0.5) is 0 Å². The Labute approximate surface area is 158 Å². The monoisotopic (exact) mass is 371 g/mol. The number of imidazole rings is 1. The number of ether oxygens (including phenoxy) is 1. The Hall–Kier alpha value is -2.37. The molecule has 5 nitrogen and oxygen atoms in total. The van der Waals surface area contributed by atoms with Crippen LogP contribution in [-0.2, 0) is 23.0 Å². The highest BCUT2D eigenvalue weighted by Crippen LogP contribution is 2.37. The second-order valence-electron chi connectivity index (χ2n) is 6.42. The molecule has 1 atom stereocenters. The summed E-state index contributed by atoms with van der Waals surface area (Å²) in [6.07, 6.45) is 7.27. The molecule has 6 heteroatoms. The second kappa shape index (κ2) is 7.89. The van der Waals surface area contributed by atoms with E-state index in [1.165, 1.54) is 12.7 Å². The van der Waals surface area contributed by atoms with Crippen molar-refractivity contribution in [3.05, 3.63) is 70.8 Å². The van der Waals surface area contributed by atoms with Gasteiger partial charge in [-0.05, 0) is 41.7 Å². The average molecular weight is 372 g/mol. The summed E-state index contributed by atoms with van der Waals surface area (Å²) in [5.74, 6) is -0.196. The lowest BCUT2D eigenvalue weighted by molar-refractivity contribution is -0.125. The Morgan fingerprint density at radius 1 is 1.46 bits per heavy atom. The van der Waals surface area contributed by atoms with Crippen molar-refractivity contribution < 1.29 is 9.53 Å². The highest BCUT2D eigenvalue weighted by atomic mass is 35.5. The lowest BCUT2D eigenvalue weighted by Crippen LogP contribution is -2.33. The summed E-state index contributed by atoms with van der Waals surface area (Å²) in [7, 11) is 3.41. The smallest absolute Gasteiger partial charge is 0.246 e. The van der Waals surface area contributed by atoms with Gasteiger partial charge in [-0.3, -0.25) is 4.79 Å². The van der Waals surface area contributed by atoms with Gasteiger partial charge in [-0.25, -0.2) is 4.98 Å². The molecule has 0 bridgehead atoms. The number of amides is 1. The molecular weight excluding hydrogens is 350 g/mol. The highest BCUT2D eigenvalue weighted by Gasteiger charge is 2.26. The maximum atomic E-state index is 12.3. The van der Waals surface area contributed by atoms with Gasteiger partial charge in [0.15, 0.2) is 0 Å². The molecule has 1 heterocycles. The molecule has 1 aliphatic rings. The average Bonchev–Trinajstić information content (AvgIpc) is 2.95. The van der Waals surface area contributed by atoms with E-state index in [1.807, 2.05) is 35.9 Å². The van der Waals surface area contributed by atoms with Crippen LogP contribution in [0.1, 0.15) is 29.3 Å². The van der Waals surface area contributed by atoms with E-state index in [0.717, 1.165) is 35.2 Å². The van der Waals surface area contributed by atoms with Crippen LogP contribution in [0.5, 0.6) is 0 Å². The van der Waals surface area contributed by atoms with Crippen molar-refractivity contribution in [2.24, 2.45) is 7.05 Å². The number of nitrogens with one attached hydrogen (secondary N) is 1. The van der Waals surface area contributed by atoms with Crippen LogP contribution in [0.3, 0.4) is 0 Å². The third kappa shape index (κ3) is 3.89. The Morgan fingerprint density at radius 3 is 2.96 bits per heavy atom. The van der Waals surface area contributed by atoms with Gasteiger partial charge in [-0.1, -0.05) is 35.9 Å². The van der Waals surface area contributed by atoms with E-state index < -0.39 is 0 Å². The maximum absolute atomic E-state index is 12.3. The molecule has 0 radical (unpaired) electrons. The number of allylic oxidation sites excluding steroid dienone is 2. The zero-order chi connectivity index (χ0) is 18.7. The van der Waals surface area contributed by atoms with E-state index in [9.17, 15) is 4.79 Å². The molecule has 1 aliphatic carbocycles. The standard InChI is InChI=1S/C20H22ClN3O2/c1-13-4-5-14-6-7-15(21)9-16(14)17(8-13)20(23-19(25)11-26-3)18-10-22-12-24(18)2/h6-10,12,20H,1,4-5,11H2,2-3H3,(H,23,25). The van der Waals surface area contributed by atoms with Gasteiger partial charge >= 0.3 is 0 Å². The molecule has 2 aromatic rings. The van der Waals surface area contributed by atoms with Gasteiger partial charge in [0.05, 0.1) is 24.3 Å². The number of halogens is 1. The summed E-state index contributed by atoms with van der Waals surface area (Å²) in [6.45, 7) is 4.15. The van der Waals surface area contributed by atoms with Crippen molar-refractivity contribution in [2.75, 3.05) is 13.7 Å². The van der Waals surface area contributed by atoms with E-state index in [-0.39, 0.29) is 18.6 Å². The quantitative estimate of drug-likeness (QED) is 0.875. The molecule has 0 saturated heterocycles. The maximum Gasteiger partial charge on any atom is 0.246 e. The molecule has 1 amide bonds. The number of fused-ring (bicyclic) bond motifs is 1. The molecule has 0 fully saturated rings. The van der Waals surface area contributed by atoms with Crippen molar-refractivity contribution >= 4 is 23.1 Å². The Balaban J connectivity index is 2.13. The minimum absolute atomic E-state index is 0.00895. The largest absolute Gasteiger partial charge is 0.375 e. The SMILES string of the molecule is C=C1C=C(C(NC(=O)COC)c2cncn2C)c2cc(Cl)ccc2CC1. The predicted molar refractivity (Wildman–Crippen MR) is 103 cm³/mol.